The Morgan fingerprint density at radius 2 is 1.89 bits per heavy atom. The highest BCUT2D eigenvalue weighted by atomic mass is 16.6. The fourth-order valence-electron chi connectivity index (χ4n) is 2.01. The van der Waals surface area contributed by atoms with Crippen LogP contribution < -0.4 is 5.56 Å². The Balaban J connectivity index is 2.56. The van der Waals surface area contributed by atoms with Crippen molar-refractivity contribution < 1.29 is 4.92 Å². The summed E-state index contributed by atoms with van der Waals surface area (Å²) >= 11 is 0. The lowest BCUT2D eigenvalue weighted by Gasteiger charge is -2.15. The van der Waals surface area contributed by atoms with Gasteiger partial charge in [-0.25, -0.2) is 0 Å². The Kier molecular flexibility index (Phi) is 3.46. The molecule has 5 heteroatoms. The molecule has 1 unspecified atom stereocenters. The van der Waals surface area contributed by atoms with Gasteiger partial charge in [-0.2, -0.15) is 0 Å². The van der Waals surface area contributed by atoms with Crippen molar-refractivity contribution in [2.24, 2.45) is 0 Å². The molecule has 0 spiro atoms. The maximum absolute atomic E-state index is 12.1. The lowest BCUT2D eigenvalue weighted by molar-refractivity contribution is -0.385. The average Bonchev–Trinajstić information content (AvgIpc) is 2.41. The highest BCUT2D eigenvalue weighted by Crippen LogP contribution is 2.19. The smallest absolute Gasteiger partial charge is 0.286 e. The topological polar surface area (TPSA) is 65.1 Å². The van der Waals surface area contributed by atoms with Crippen LogP contribution in [0.4, 0.5) is 5.69 Å². The molecular weight excluding hydrogens is 244 g/mol. The molecule has 5 nitrogen and oxygen atoms in total. The highest BCUT2D eigenvalue weighted by Gasteiger charge is 2.16. The van der Waals surface area contributed by atoms with Crippen molar-refractivity contribution in [3.8, 4) is 0 Å². The van der Waals surface area contributed by atoms with Gasteiger partial charge in [0.05, 0.1) is 17.2 Å². The van der Waals surface area contributed by atoms with Gasteiger partial charge in [0.25, 0.3) is 11.2 Å². The first kappa shape index (κ1) is 13.0. The number of aromatic nitrogens is 1. The number of benzene rings is 1. The van der Waals surface area contributed by atoms with E-state index in [1.807, 2.05) is 37.3 Å². The van der Waals surface area contributed by atoms with Gasteiger partial charge in [-0.05, 0) is 19.4 Å². The summed E-state index contributed by atoms with van der Waals surface area (Å²) in [5, 5.41) is 10.9. The van der Waals surface area contributed by atoms with Crippen LogP contribution in [0.3, 0.4) is 0 Å². The third-order valence-corrected chi connectivity index (χ3v) is 3.12. The SMILES string of the molecule is Cc1cc([N+](=O)[O-])cn(C(C)c2ccccc2)c1=O. The zero-order valence-electron chi connectivity index (χ0n) is 10.7. The van der Waals surface area contributed by atoms with Crippen LogP contribution in [0.1, 0.15) is 24.1 Å². The highest BCUT2D eigenvalue weighted by molar-refractivity contribution is 5.31. The Morgan fingerprint density at radius 3 is 2.47 bits per heavy atom. The number of rotatable bonds is 3. The van der Waals surface area contributed by atoms with Crippen LogP contribution in [0.15, 0.2) is 47.4 Å². The summed E-state index contributed by atoms with van der Waals surface area (Å²) in [5.74, 6) is 0. The van der Waals surface area contributed by atoms with E-state index < -0.39 is 4.92 Å². The Labute approximate surface area is 110 Å². The lowest BCUT2D eigenvalue weighted by atomic mass is 10.1. The third-order valence-electron chi connectivity index (χ3n) is 3.12. The first-order chi connectivity index (χ1) is 9.00. The van der Waals surface area contributed by atoms with Crippen molar-refractivity contribution in [3.05, 3.63) is 74.2 Å². The fraction of sp³-hybridized carbons (Fsp3) is 0.214. The molecule has 2 aromatic rings. The van der Waals surface area contributed by atoms with Gasteiger partial charge >= 0.3 is 0 Å². The molecule has 0 N–H and O–H groups in total. The first-order valence-electron chi connectivity index (χ1n) is 5.93. The van der Waals surface area contributed by atoms with E-state index in [4.69, 9.17) is 0 Å². The minimum atomic E-state index is -0.485. The molecule has 0 aliphatic heterocycles. The molecule has 1 aromatic heterocycles. The van der Waals surface area contributed by atoms with Crippen molar-refractivity contribution in [3.63, 3.8) is 0 Å². The second-order valence-corrected chi connectivity index (χ2v) is 4.44. The van der Waals surface area contributed by atoms with E-state index in [0.717, 1.165) is 5.56 Å². The lowest BCUT2D eigenvalue weighted by Crippen LogP contribution is -2.25. The van der Waals surface area contributed by atoms with Gasteiger partial charge in [-0.1, -0.05) is 30.3 Å². The predicted molar refractivity (Wildman–Crippen MR) is 72.3 cm³/mol. The maximum atomic E-state index is 12.1. The summed E-state index contributed by atoms with van der Waals surface area (Å²) in [6, 6.07) is 10.5. The molecule has 0 saturated carbocycles. The summed E-state index contributed by atoms with van der Waals surface area (Å²) in [6.45, 7) is 3.43. The van der Waals surface area contributed by atoms with Crippen LogP contribution in [0.25, 0.3) is 0 Å². The van der Waals surface area contributed by atoms with Gasteiger partial charge in [0.1, 0.15) is 0 Å². The van der Waals surface area contributed by atoms with E-state index in [-0.39, 0.29) is 17.3 Å². The van der Waals surface area contributed by atoms with Crippen LogP contribution in [0.5, 0.6) is 0 Å². The van der Waals surface area contributed by atoms with Gasteiger partial charge in [-0.3, -0.25) is 14.9 Å². The molecule has 2 rings (SSSR count). The molecule has 1 atom stereocenters. The van der Waals surface area contributed by atoms with Crippen molar-refractivity contribution >= 4 is 5.69 Å². The molecule has 0 amide bonds. The molecular formula is C14H14N2O3. The quantitative estimate of drug-likeness (QED) is 0.628. The van der Waals surface area contributed by atoms with Crippen molar-refractivity contribution in [1.82, 2.24) is 4.57 Å². The average molecular weight is 258 g/mol. The standard InChI is InChI=1S/C14H14N2O3/c1-10-8-13(16(18)19)9-15(14(10)17)11(2)12-6-4-3-5-7-12/h3-9,11H,1-2H3. The van der Waals surface area contributed by atoms with E-state index in [9.17, 15) is 14.9 Å². The minimum absolute atomic E-state index is 0.0696. The van der Waals surface area contributed by atoms with Crippen molar-refractivity contribution in [1.29, 1.82) is 0 Å². The Hall–Kier alpha value is -2.43. The maximum Gasteiger partial charge on any atom is 0.286 e. The van der Waals surface area contributed by atoms with E-state index in [1.54, 1.807) is 6.92 Å². The fourth-order valence-corrected chi connectivity index (χ4v) is 2.01. The number of pyridine rings is 1. The second-order valence-electron chi connectivity index (χ2n) is 4.44. The normalized spacial score (nSPS) is 12.1. The summed E-state index contributed by atoms with van der Waals surface area (Å²) < 4.78 is 1.41. The molecule has 0 aliphatic rings. The summed E-state index contributed by atoms with van der Waals surface area (Å²) in [4.78, 5) is 22.5. The Bertz CT molecular complexity index is 662. The van der Waals surface area contributed by atoms with Crippen molar-refractivity contribution in [2.75, 3.05) is 0 Å². The second kappa shape index (κ2) is 5.06. The van der Waals surface area contributed by atoms with Crippen LogP contribution in [-0.2, 0) is 0 Å². The van der Waals surface area contributed by atoms with Gasteiger partial charge < -0.3 is 4.57 Å². The van der Waals surface area contributed by atoms with Gasteiger partial charge in [0.2, 0.25) is 0 Å². The van der Waals surface area contributed by atoms with Gasteiger partial charge in [0, 0.05) is 11.6 Å². The molecule has 0 bridgehead atoms. The molecule has 0 aliphatic carbocycles. The molecule has 0 fully saturated rings. The molecule has 19 heavy (non-hydrogen) atoms. The van der Waals surface area contributed by atoms with Crippen LogP contribution >= 0.6 is 0 Å². The van der Waals surface area contributed by atoms with E-state index in [1.165, 1.54) is 16.8 Å². The van der Waals surface area contributed by atoms with Gasteiger partial charge in [-0.15, -0.1) is 0 Å². The van der Waals surface area contributed by atoms with Crippen molar-refractivity contribution in [2.45, 2.75) is 19.9 Å². The van der Waals surface area contributed by atoms with E-state index in [2.05, 4.69) is 0 Å². The van der Waals surface area contributed by atoms with Crippen LogP contribution in [0, 0.1) is 17.0 Å². The van der Waals surface area contributed by atoms with E-state index >= 15 is 0 Å². The zero-order chi connectivity index (χ0) is 14.0. The third kappa shape index (κ3) is 2.54. The summed E-state index contributed by atoms with van der Waals surface area (Å²) in [5.41, 5.74) is 1.03. The number of hydrogen-bond acceptors (Lipinski definition) is 3. The van der Waals surface area contributed by atoms with Crippen LogP contribution in [0.2, 0.25) is 0 Å². The predicted octanol–water partition coefficient (Wildman–Crippen LogP) is 2.67. The van der Waals surface area contributed by atoms with Gasteiger partial charge in [0.15, 0.2) is 0 Å². The largest absolute Gasteiger partial charge is 0.301 e. The Morgan fingerprint density at radius 1 is 1.26 bits per heavy atom. The molecule has 98 valence electrons. The number of aryl methyl sites for hydroxylation is 1. The summed E-state index contributed by atoms with van der Waals surface area (Å²) in [7, 11) is 0. The molecule has 0 radical (unpaired) electrons. The summed E-state index contributed by atoms with van der Waals surface area (Å²) in [6.07, 6.45) is 1.30. The molecule has 0 saturated heterocycles. The first-order valence-corrected chi connectivity index (χ1v) is 5.93. The molecule has 1 aromatic carbocycles. The van der Waals surface area contributed by atoms with Crippen LogP contribution in [-0.4, -0.2) is 9.49 Å². The minimum Gasteiger partial charge on any atom is -0.301 e. The zero-order valence-corrected chi connectivity index (χ0v) is 10.7. The molecule has 1 heterocycles. The number of hydrogen-bond donors (Lipinski definition) is 0. The number of nitrogens with zero attached hydrogens (tertiary/aromatic N) is 2. The monoisotopic (exact) mass is 258 g/mol. The number of nitro groups is 1. The van der Waals surface area contributed by atoms with E-state index in [0.29, 0.717) is 5.56 Å².